The molecule has 0 atom stereocenters. The van der Waals surface area contributed by atoms with E-state index >= 15 is 0 Å². The van der Waals surface area contributed by atoms with Crippen LogP contribution < -0.4 is 5.43 Å². The lowest BCUT2D eigenvalue weighted by atomic mass is 10.2. The molecule has 0 N–H and O–H groups in total. The molecule has 2 aromatic carbocycles. The minimum atomic E-state index is 0.241. The summed E-state index contributed by atoms with van der Waals surface area (Å²) in [6.45, 7) is 4.00. The molecule has 1 nitrogen and oxygen atoms in total. The van der Waals surface area contributed by atoms with Crippen molar-refractivity contribution >= 4 is 10.8 Å². The normalized spacial score (nSPS) is 11.4. The lowest BCUT2D eigenvalue weighted by Gasteiger charge is -1.88. The van der Waals surface area contributed by atoms with Gasteiger partial charge in [-0.2, -0.15) is 0 Å². The van der Waals surface area contributed by atoms with Crippen molar-refractivity contribution in [2.45, 2.75) is 13.8 Å². The number of fused-ring (bicyclic) bond motifs is 1. The summed E-state index contributed by atoms with van der Waals surface area (Å²) in [5.74, 6) is 0. The predicted octanol–water partition coefficient (Wildman–Crippen LogP) is 1.69. The summed E-state index contributed by atoms with van der Waals surface area (Å²) in [5, 5.41) is 1.88. The first kappa shape index (κ1) is 5.66. The number of aryl methyl sites for hydroxylation is 2. The Kier molecular flexibility index (Phi) is 0.839. The zero-order valence-corrected chi connectivity index (χ0v) is 6.06. The van der Waals surface area contributed by atoms with Gasteiger partial charge in [-0.3, -0.25) is 4.79 Å². The highest BCUT2D eigenvalue weighted by atomic mass is 16.1. The van der Waals surface area contributed by atoms with Crippen molar-refractivity contribution in [3.63, 3.8) is 0 Å². The molecule has 0 aliphatic rings. The van der Waals surface area contributed by atoms with Gasteiger partial charge in [0.15, 0.2) is 5.43 Å². The average Bonchev–Trinajstić information content (AvgIpc) is 2.42. The van der Waals surface area contributed by atoms with Crippen LogP contribution in [-0.4, -0.2) is 0 Å². The molecule has 2 aromatic rings. The maximum Gasteiger partial charge on any atom is 0.194 e. The molecule has 0 saturated heterocycles. The summed E-state index contributed by atoms with van der Waals surface area (Å²) < 4.78 is 0. The summed E-state index contributed by atoms with van der Waals surface area (Å²) in [4.78, 5) is 10.9. The van der Waals surface area contributed by atoms with E-state index < -0.39 is 0 Å². The zero-order valence-electron chi connectivity index (χ0n) is 6.06. The van der Waals surface area contributed by atoms with Crippen molar-refractivity contribution in [1.82, 2.24) is 0 Å². The quantitative estimate of drug-likeness (QED) is 0.533. The van der Waals surface area contributed by atoms with E-state index in [2.05, 4.69) is 0 Å². The van der Waals surface area contributed by atoms with Gasteiger partial charge in [-0.15, -0.1) is 0 Å². The topological polar surface area (TPSA) is 17.1 Å². The van der Waals surface area contributed by atoms with Crippen LogP contribution in [0.1, 0.15) is 11.1 Å². The van der Waals surface area contributed by atoms with Gasteiger partial charge >= 0.3 is 0 Å². The average molecular weight is 132 g/mol. The maximum atomic E-state index is 10.9. The number of hydrogen-bond donors (Lipinski definition) is 0. The monoisotopic (exact) mass is 132 g/mol. The van der Waals surface area contributed by atoms with Crippen LogP contribution in [0.15, 0.2) is 16.9 Å². The fourth-order valence-electron chi connectivity index (χ4n) is 1.40. The molecular formula is C9H8O. The highest BCUT2D eigenvalue weighted by molar-refractivity contribution is 6.00. The van der Waals surface area contributed by atoms with E-state index in [4.69, 9.17) is 0 Å². The second-order valence-electron chi connectivity index (χ2n) is 2.83. The van der Waals surface area contributed by atoms with Crippen molar-refractivity contribution in [1.29, 1.82) is 0 Å². The predicted molar refractivity (Wildman–Crippen MR) is 42.1 cm³/mol. The van der Waals surface area contributed by atoms with Gasteiger partial charge in [-0.25, -0.2) is 0 Å². The van der Waals surface area contributed by atoms with Gasteiger partial charge < -0.3 is 0 Å². The van der Waals surface area contributed by atoms with Crippen LogP contribution in [0.3, 0.4) is 0 Å². The minimum absolute atomic E-state index is 0.241. The molecule has 0 unspecified atom stereocenters. The third kappa shape index (κ3) is 0.548. The smallest absolute Gasteiger partial charge is 0.194 e. The summed E-state index contributed by atoms with van der Waals surface area (Å²) in [7, 11) is 0. The van der Waals surface area contributed by atoms with Gasteiger partial charge in [-0.1, -0.05) is 11.6 Å². The third-order valence-electron chi connectivity index (χ3n) is 1.89. The van der Waals surface area contributed by atoms with E-state index in [1.165, 1.54) is 5.56 Å². The molecule has 0 bridgehead atoms. The van der Waals surface area contributed by atoms with E-state index in [1.54, 1.807) is 0 Å². The lowest BCUT2D eigenvalue weighted by Crippen LogP contribution is -1.71. The standard InChI is InChI=1S/C9H8O/c1-5-3-6(2)8-7(4-5)9(8)10/h3-4H,1-2H3. The third-order valence-corrected chi connectivity index (χ3v) is 1.89. The molecular weight excluding hydrogens is 124 g/mol. The van der Waals surface area contributed by atoms with Crippen molar-refractivity contribution in [3.05, 3.63) is 33.5 Å². The van der Waals surface area contributed by atoms with Gasteiger partial charge in [0.05, 0.1) is 0 Å². The van der Waals surface area contributed by atoms with Crippen LogP contribution in [0, 0.1) is 13.8 Å². The van der Waals surface area contributed by atoms with Crippen LogP contribution >= 0.6 is 0 Å². The molecule has 50 valence electrons. The van der Waals surface area contributed by atoms with Crippen LogP contribution in [0.4, 0.5) is 0 Å². The van der Waals surface area contributed by atoms with Gasteiger partial charge in [0.1, 0.15) is 0 Å². The number of benzene rings is 1. The van der Waals surface area contributed by atoms with Gasteiger partial charge in [-0.05, 0) is 25.5 Å². The molecule has 0 aliphatic carbocycles. The Balaban J connectivity index is 2.91. The van der Waals surface area contributed by atoms with E-state index in [-0.39, 0.29) is 5.43 Å². The van der Waals surface area contributed by atoms with Crippen LogP contribution in [0.5, 0.6) is 0 Å². The van der Waals surface area contributed by atoms with E-state index in [1.807, 2.05) is 26.0 Å². The van der Waals surface area contributed by atoms with E-state index in [0.717, 1.165) is 16.3 Å². The number of hydrogen-bond acceptors (Lipinski definition) is 1. The zero-order chi connectivity index (χ0) is 7.30. The Morgan fingerprint density at radius 2 is 1.90 bits per heavy atom. The molecule has 2 rings (SSSR count). The fraction of sp³-hybridized carbons (Fsp3) is 0.222. The van der Waals surface area contributed by atoms with Gasteiger partial charge in [0.25, 0.3) is 0 Å². The molecule has 0 aliphatic heterocycles. The Bertz CT molecular complexity index is 403. The van der Waals surface area contributed by atoms with Crippen LogP contribution in [-0.2, 0) is 0 Å². The Morgan fingerprint density at radius 1 is 1.20 bits per heavy atom. The van der Waals surface area contributed by atoms with Crippen molar-refractivity contribution in [2.24, 2.45) is 0 Å². The first-order chi connectivity index (χ1) is 4.70. The molecule has 0 aromatic heterocycles. The number of rotatable bonds is 0. The lowest BCUT2D eigenvalue weighted by molar-refractivity contribution is 1.45. The van der Waals surface area contributed by atoms with Gasteiger partial charge in [0, 0.05) is 10.8 Å². The van der Waals surface area contributed by atoms with Crippen LogP contribution in [0.2, 0.25) is 0 Å². The second kappa shape index (κ2) is 1.48. The van der Waals surface area contributed by atoms with Crippen LogP contribution in [0.25, 0.3) is 10.8 Å². The Morgan fingerprint density at radius 3 is 2.50 bits per heavy atom. The van der Waals surface area contributed by atoms with E-state index in [9.17, 15) is 4.79 Å². The largest absolute Gasteiger partial charge is 0.289 e. The SMILES string of the molecule is Cc1cc(C)c2c(=O)c2c1. The molecule has 0 heterocycles. The molecule has 0 amide bonds. The highest BCUT2D eigenvalue weighted by Crippen LogP contribution is 2.20. The van der Waals surface area contributed by atoms with E-state index in [0.29, 0.717) is 0 Å². The van der Waals surface area contributed by atoms with Crippen molar-refractivity contribution in [3.8, 4) is 0 Å². The Labute approximate surface area is 59.0 Å². The maximum absolute atomic E-state index is 10.9. The molecule has 0 saturated carbocycles. The first-order valence-electron chi connectivity index (χ1n) is 3.36. The Hall–Kier alpha value is -1.11. The highest BCUT2D eigenvalue weighted by Gasteiger charge is 2.13. The van der Waals surface area contributed by atoms with Crippen molar-refractivity contribution < 1.29 is 0 Å². The second-order valence-corrected chi connectivity index (χ2v) is 2.83. The first-order valence-corrected chi connectivity index (χ1v) is 3.36. The molecule has 0 fully saturated rings. The molecule has 1 heteroatoms. The molecule has 0 spiro atoms. The summed E-state index contributed by atoms with van der Waals surface area (Å²) in [6, 6.07) is 3.99. The minimum Gasteiger partial charge on any atom is -0.289 e. The molecule has 10 heavy (non-hydrogen) atoms. The summed E-state index contributed by atoms with van der Waals surface area (Å²) in [5.41, 5.74) is 2.55. The summed E-state index contributed by atoms with van der Waals surface area (Å²) >= 11 is 0. The fourth-order valence-corrected chi connectivity index (χ4v) is 1.40. The molecule has 0 radical (unpaired) electrons. The van der Waals surface area contributed by atoms with Crippen molar-refractivity contribution in [2.75, 3.05) is 0 Å². The summed E-state index contributed by atoms with van der Waals surface area (Å²) in [6.07, 6.45) is 0. The van der Waals surface area contributed by atoms with Gasteiger partial charge in [0.2, 0.25) is 0 Å².